The SMILES string of the molecule is CC(C)CNC(=O)[C@@H](C)N(Cc1ccccc1)C(=O)CN(c1cccc(Br)c1)S(=O)(=O)c1ccccc1. The molecule has 0 aliphatic rings. The Morgan fingerprint density at radius 2 is 1.51 bits per heavy atom. The van der Waals surface area contributed by atoms with Gasteiger partial charge in [0, 0.05) is 17.6 Å². The summed E-state index contributed by atoms with van der Waals surface area (Å²) in [5.41, 5.74) is 1.17. The lowest BCUT2D eigenvalue weighted by Crippen LogP contribution is -2.51. The molecule has 196 valence electrons. The van der Waals surface area contributed by atoms with E-state index in [4.69, 9.17) is 0 Å². The molecule has 0 spiro atoms. The molecule has 0 aliphatic heterocycles. The van der Waals surface area contributed by atoms with Crippen LogP contribution in [0.2, 0.25) is 0 Å². The molecule has 0 unspecified atom stereocenters. The minimum atomic E-state index is -4.08. The van der Waals surface area contributed by atoms with Crippen molar-refractivity contribution in [3.05, 3.63) is 95.0 Å². The maximum Gasteiger partial charge on any atom is 0.264 e. The largest absolute Gasteiger partial charge is 0.354 e. The monoisotopic (exact) mass is 585 g/mol. The molecular weight excluding hydrogens is 554 g/mol. The van der Waals surface area contributed by atoms with Gasteiger partial charge in [0.05, 0.1) is 10.6 Å². The quantitative estimate of drug-likeness (QED) is 0.349. The Balaban J connectivity index is 1.98. The van der Waals surface area contributed by atoms with Crippen LogP contribution in [0, 0.1) is 5.92 Å². The van der Waals surface area contributed by atoms with Gasteiger partial charge < -0.3 is 10.2 Å². The van der Waals surface area contributed by atoms with E-state index in [0.29, 0.717) is 16.7 Å². The molecule has 0 aliphatic carbocycles. The van der Waals surface area contributed by atoms with Gasteiger partial charge in [0.15, 0.2) is 0 Å². The second-order valence-electron chi connectivity index (χ2n) is 9.13. The number of nitrogens with one attached hydrogen (secondary N) is 1. The molecule has 0 radical (unpaired) electrons. The smallest absolute Gasteiger partial charge is 0.264 e. The first-order valence-corrected chi connectivity index (χ1v) is 14.3. The van der Waals surface area contributed by atoms with Crippen LogP contribution < -0.4 is 9.62 Å². The first kappa shape index (κ1) is 28.4. The molecule has 0 saturated carbocycles. The fourth-order valence-corrected chi connectivity index (χ4v) is 5.51. The summed E-state index contributed by atoms with van der Waals surface area (Å²) in [5, 5.41) is 2.88. The Kier molecular flexibility index (Phi) is 9.88. The predicted molar refractivity (Wildman–Crippen MR) is 149 cm³/mol. The van der Waals surface area contributed by atoms with E-state index in [1.54, 1.807) is 49.4 Å². The van der Waals surface area contributed by atoms with Crippen LogP contribution in [0.1, 0.15) is 26.3 Å². The first-order chi connectivity index (χ1) is 17.6. The second kappa shape index (κ2) is 12.9. The topological polar surface area (TPSA) is 86.8 Å². The third-order valence-corrected chi connectivity index (χ3v) is 8.04. The van der Waals surface area contributed by atoms with E-state index >= 15 is 0 Å². The molecule has 7 nitrogen and oxygen atoms in total. The van der Waals surface area contributed by atoms with Gasteiger partial charge in [0.2, 0.25) is 11.8 Å². The van der Waals surface area contributed by atoms with Crippen LogP contribution in [0.15, 0.2) is 94.3 Å². The number of carbonyl (C=O) groups excluding carboxylic acids is 2. The maximum atomic E-state index is 13.8. The predicted octanol–water partition coefficient (Wildman–Crippen LogP) is 4.83. The molecule has 0 saturated heterocycles. The van der Waals surface area contributed by atoms with Crippen molar-refractivity contribution in [3.63, 3.8) is 0 Å². The van der Waals surface area contributed by atoms with Gasteiger partial charge >= 0.3 is 0 Å². The van der Waals surface area contributed by atoms with E-state index < -0.39 is 28.5 Å². The average Bonchev–Trinajstić information content (AvgIpc) is 2.89. The third kappa shape index (κ3) is 7.66. The molecule has 0 fully saturated rings. The number of hydrogen-bond donors (Lipinski definition) is 1. The van der Waals surface area contributed by atoms with Crippen LogP contribution in [-0.2, 0) is 26.2 Å². The highest BCUT2D eigenvalue weighted by Crippen LogP contribution is 2.27. The summed E-state index contributed by atoms with van der Waals surface area (Å²) in [4.78, 5) is 28.3. The number of nitrogens with zero attached hydrogens (tertiary/aromatic N) is 2. The summed E-state index contributed by atoms with van der Waals surface area (Å²) in [6.45, 7) is 5.80. The molecule has 3 rings (SSSR count). The standard InChI is InChI=1S/C28H32BrN3O4S/c1-21(2)18-30-28(34)22(3)31(19-23-11-6-4-7-12-23)27(33)20-32(25-14-10-13-24(29)17-25)37(35,36)26-15-8-5-9-16-26/h4-17,21-22H,18-20H2,1-3H3,(H,30,34)/t22-/m1/s1. The number of benzene rings is 3. The summed E-state index contributed by atoms with van der Waals surface area (Å²) in [5.74, 6) is -0.536. The highest BCUT2D eigenvalue weighted by atomic mass is 79.9. The minimum Gasteiger partial charge on any atom is -0.354 e. The molecule has 0 heterocycles. The minimum absolute atomic E-state index is 0.0695. The number of hydrogen-bond acceptors (Lipinski definition) is 4. The zero-order valence-electron chi connectivity index (χ0n) is 21.2. The van der Waals surface area contributed by atoms with Crippen molar-refractivity contribution in [2.45, 2.75) is 38.3 Å². The van der Waals surface area contributed by atoms with E-state index in [0.717, 1.165) is 9.87 Å². The van der Waals surface area contributed by atoms with Crippen LogP contribution in [0.4, 0.5) is 5.69 Å². The van der Waals surface area contributed by atoms with Crippen LogP contribution in [0.3, 0.4) is 0 Å². The lowest BCUT2D eigenvalue weighted by molar-refractivity contribution is -0.139. The molecule has 1 atom stereocenters. The van der Waals surface area contributed by atoms with Crippen molar-refractivity contribution in [1.29, 1.82) is 0 Å². The number of halogens is 1. The van der Waals surface area contributed by atoms with Gasteiger partial charge in [-0.25, -0.2) is 8.42 Å². The molecule has 9 heteroatoms. The van der Waals surface area contributed by atoms with Gasteiger partial charge in [0.1, 0.15) is 12.6 Å². The van der Waals surface area contributed by atoms with Gasteiger partial charge in [-0.3, -0.25) is 13.9 Å². The molecule has 37 heavy (non-hydrogen) atoms. The summed E-state index contributed by atoms with van der Waals surface area (Å²) in [6.07, 6.45) is 0. The van der Waals surface area contributed by atoms with Gasteiger partial charge in [-0.15, -0.1) is 0 Å². The van der Waals surface area contributed by atoms with Crippen LogP contribution in [0.25, 0.3) is 0 Å². The van der Waals surface area contributed by atoms with Crippen LogP contribution in [-0.4, -0.2) is 44.3 Å². The Hall–Kier alpha value is -3.17. The van der Waals surface area contributed by atoms with Crippen molar-refractivity contribution in [3.8, 4) is 0 Å². The summed E-state index contributed by atoms with van der Waals surface area (Å²) >= 11 is 3.39. The maximum absolute atomic E-state index is 13.8. The van der Waals surface area contributed by atoms with Crippen molar-refractivity contribution in [2.24, 2.45) is 5.92 Å². The van der Waals surface area contributed by atoms with Gasteiger partial charge in [-0.1, -0.05) is 84.4 Å². The van der Waals surface area contributed by atoms with Crippen LogP contribution >= 0.6 is 15.9 Å². The normalized spacial score (nSPS) is 12.1. The van der Waals surface area contributed by atoms with E-state index in [1.165, 1.54) is 17.0 Å². The van der Waals surface area contributed by atoms with Crippen molar-refractivity contribution >= 4 is 43.5 Å². The Labute approximate surface area is 227 Å². The number of amides is 2. The summed E-state index contributed by atoms with van der Waals surface area (Å²) < 4.78 is 29.2. The molecule has 3 aromatic carbocycles. The van der Waals surface area contributed by atoms with Crippen molar-refractivity contribution < 1.29 is 18.0 Å². The Bertz CT molecular complexity index is 1300. The lowest BCUT2D eigenvalue weighted by atomic mass is 10.1. The Morgan fingerprint density at radius 1 is 0.892 bits per heavy atom. The van der Waals surface area contributed by atoms with Gasteiger partial charge in [-0.05, 0) is 48.7 Å². The van der Waals surface area contributed by atoms with E-state index in [-0.39, 0.29) is 23.3 Å². The van der Waals surface area contributed by atoms with Gasteiger partial charge in [-0.2, -0.15) is 0 Å². The number of anilines is 1. The van der Waals surface area contributed by atoms with E-state index in [1.807, 2.05) is 44.2 Å². The summed E-state index contributed by atoms with van der Waals surface area (Å²) in [7, 11) is -4.08. The molecule has 2 amide bonds. The summed E-state index contributed by atoms with van der Waals surface area (Å²) in [6, 6.07) is 23.3. The molecule has 1 N–H and O–H groups in total. The number of rotatable bonds is 11. The fraction of sp³-hybridized carbons (Fsp3) is 0.286. The van der Waals surface area contributed by atoms with E-state index in [2.05, 4.69) is 21.2 Å². The average molecular weight is 587 g/mol. The second-order valence-corrected chi connectivity index (χ2v) is 11.9. The highest BCUT2D eigenvalue weighted by molar-refractivity contribution is 9.10. The van der Waals surface area contributed by atoms with Crippen molar-refractivity contribution in [1.82, 2.24) is 10.2 Å². The molecule has 0 aromatic heterocycles. The zero-order valence-corrected chi connectivity index (χ0v) is 23.6. The zero-order chi connectivity index (χ0) is 27.0. The lowest BCUT2D eigenvalue weighted by Gasteiger charge is -2.32. The number of sulfonamides is 1. The Morgan fingerprint density at radius 3 is 2.11 bits per heavy atom. The molecular formula is C28H32BrN3O4S. The number of carbonyl (C=O) groups is 2. The molecule has 3 aromatic rings. The van der Waals surface area contributed by atoms with Crippen molar-refractivity contribution in [2.75, 3.05) is 17.4 Å². The van der Waals surface area contributed by atoms with E-state index in [9.17, 15) is 18.0 Å². The first-order valence-electron chi connectivity index (χ1n) is 12.0. The highest BCUT2D eigenvalue weighted by Gasteiger charge is 2.32. The van der Waals surface area contributed by atoms with Gasteiger partial charge in [0.25, 0.3) is 10.0 Å². The fourth-order valence-electron chi connectivity index (χ4n) is 3.69. The van der Waals surface area contributed by atoms with Crippen LogP contribution in [0.5, 0.6) is 0 Å². The third-order valence-electron chi connectivity index (χ3n) is 5.75. The molecule has 0 bridgehead atoms.